The van der Waals surface area contributed by atoms with Gasteiger partial charge < -0.3 is 4.90 Å². The van der Waals surface area contributed by atoms with Crippen LogP contribution in [-0.2, 0) is 13.1 Å². The summed E-state index contributed by atoms with van der Waals surface area (Å²) in [5, 5.41) is 0. The van der Waals surface area contributed by atoms with Crippen molar-refractivity contribution in [3.8, 4) is 0 Å². The van der Waals surface area contributed by atoms with Crippen molar-refractivity contribution < 1.29 is 0 Å². The van der Waals surface area contributed by atoms with E-state index in [0.717, 1.165) is 37.4 Å². The fourth-order valence-electron chi connectivity index (χ4n) is 4.04. The molecule has 7 nitrogen and oxygen atoms in total. The van der Waals surface area contributed by atoms with Gasteiger partial charge in [-0.3, -0.25) is 19.2 Å². The quantitative estimate of drug-likeness (QED) is 0.357. The Hall–Kier alpha value is -2.94. The normalized spacial score (nSPS) is 12.6. The molecule has 0 radical (unpaired) electrons. The first kappa shape index (κ1) is 23.2. The number of aromatic nitrogens is 4. The van der Waals surface area contributed by atoms with E-state index in [1.807, 2.05) is 59.4 Å². The summed E-state index contributed by atoms with van der Waals surface area (Å²) in [7, 11) is 4.16. The van der Waals surface area contributed by atoms with Gasteiger partial charge in [0.2, 0.25) is 0 Å². The summed E-state index contributed by atoms with van der Waals surface area (Å²) in [5.41, 5.74) is 4.34. The third kappa shape index (κ3) is 5.52. The van der Waals surface area contributed by atoms with Crippen LogP contribution >= 0.6 is 11.3 Å². The molecule has 4 aromatic rings. The zero-order chi connectivity index (χ0) is 23.2. The summed E-state index contributed by atoms with van der Waals surface area (Å²) in [5.74, 6) is 0.802. The van der Waals surface area contributed by atoms with Gasteiger partial charge in [0, 0.05) is 32.0 Å². The van der Waals surface area contributed by atoms with Crippen LogP contribution in [0.2, 0.25) is 0 Å². The monoisotopic (exact) mass is 462 g/mol. The van der Waals surface area contributed by atoms with E-state index >= 15 is 0 Å². The molecule has 1 atom stereocenters. The van der Waals surface area contributed by atoms with Gasteiger partial charge in [0.25, 0.3) is 5.56 Å². The highest BCUT2D eigenvalue weighted by Gasteiger charge is 2.26. The second kappa shape index (κ2) is 10.8. The Kier molecular flexibility index (Phi) is 7.59. The lowest BCUT2D eigenvalue weighted by atomic mass is 10.1. The highest BCUT2D eigenvalue weighted by molar-refractivity contribution is 7.16. The van der Waals surface area contributed by atoms with Crippen LogP contribution in [0.3, 0.4) is 0 Å². The maximum absolute atomic E-state index is 13.5. The molecule has 3 aromatic heterocycles. The van der Waals surface area contributed by atoms with Crippen LogP contribution in [0, 0.1) is 0 Å². The predicted octanol–water partition coefficient (Wildman–Crippen LogP) is 3.81. The molecule has 33 heavy (non-hydrogen) atoms. The molecule has 0 saturated heterocycles. The SMILES string of the molecule is CCC(c1nc2scnc2c(=O)n1Cc1ccccc1)N(CCN(C)C)Cc1ccncc1. The summed E-state index contributed by atoms with van der Waals surface area (Å²) in [6.45, 7) is 5.17. The Labute approximate surface area is 198 Å². The topological polar surface area (TPSA) is 67.2 Å². The molecule has 0 aliphatic rings. The van der Waals surface area contributed by atoms with Crippen LogP contribution in [-0.4, -0.2) is 56.5 Å². The molecule has 3 heterocycles. The van der Waals surface area contributed by atoms with E-state index in [1.54, 1.807) is 5.51 Å². The van der Waals surface area contributed by atoms with E-state index < -0.39 is 0 Å². The molecule has 0 saturated carbocycles. The highest BCUT2D eigenvalue weighted by atomic mass is 32.1. The second-order valence-electron chi connectivity index (χ2n) is 8.41. The Morgan fingerprint density at radius 1 is 1.03 bits per heavy atom. The minimum atomic E-state index is -0.0741. The molecule has 0 aliphatic heterocycles. The number of hydrogen-bond acceptors (Lipinski definition) is 7. The van der Waals surface area contributed by atoms with Crippen molar-refractivity contribution in [3.63, 3.8) is 0 Å². The molecule has 0 N–H and O–H groups in total. The lowest BCUT2D eigenvalue weighted by Gasteiger charge is -2.33. The first-order valence-corrected chi connectivity index (χ1v) is 12.1. The first-order chi connectivity index (χ1) is 16.1. The number of pyridine rings is 1. The fourth-order valence-corrected chi connectivity index (χ4v) is 4.69. The van der Waals surface area contributed by atoms with Gasteiger partial charge in [0.05, 0.1) is 18.1 Å². The lowest BCUT2D eigenvalue weighted by molar-refractivity contribution is 0.156. The van der Waals surface area contributed by atoms with Crippen LogP contribution in [0.25, 0.3) is 10.3 Å². The Morgan fingerprint density at radius 2 is 1.79 bits per heavy atom. The maximum atomic E-state index is 13.5. The van der Waals surface area contributed by atoms with Crippen molar-refractivity contribution in [2.45, 2.75) is 32.5 Å². The number of likely N-dealkylation sites (N-methyl/N-ethyl adjacent to an activating group) is 1. The molecule has 0 amide bonds. The van der Waals surface area contributed by atoms with Crippen LogP contribution in [0.5, 0.6) is 0 Å². The number of benzene rings is 1. The molecule has 172 valence electrons. The van der Waals surface area contributed by atoms with Crippen molar-refractivity contribution in [3.05, 3.63) is 87.7 Å². The van der Waals surface area contributed by atoms with Gasteiger partial charge in [0.15, 0.2) is 10.3 Å². The zero-order valence-electron chi connectivity index (χ0n) is 19.4. The van der Waals surface area contributed by atoms with Gasteiger partial charge >= 0.3 is 0 Å². The summed E-state index contributed by atoms with van der Waals surface area (Å²) in [4.78, 5) is 32.3. The van der Waals surface area contributed by atoms with Gasteiger partial charge in [-0.05, 0) is 43.8 Å². The van der Waals surface area contributed by atoms with Crippen molar-refractivity contribution in [1.82, 2.24) is 29.3 Å². The molecule has 0 fully saturated rings. The number of hydrogen-bond donors (Lipinski definition) is 0. The smallest absolute Gasteiger partial charge is 0.281 e. The van der Waals surface area contributed by atoms with E-state index in [-0.39, 0.29) is 11.6 Å². The number of rotatable bonds is 10. The van der Waals surface area contributed by atoms with E-state index in [0.29, 0.717) is 16.9 Å². The Balaban J connectivity index is 1.79. The van der Waals surface area contributed by atoms with Crippen LogP contribution in [0.1, 0.15) is 36.3 Å². The van der Waals surface area contributed by atoms with Gasteiger partial charge in [0.1, 0.15) is 5.82 Å². The van der Waals surface area contributed by atoms with Crippen molar-refractivity contribution in [2.24, 2.45) is 0 Å². The van der Waals surface area contributed by atoms with E-state index in [4.69, 9.17) is 4.98 Å². The molecule has 0 aliphatic carbocycles. The van der Waals surface area contributed by atoms with Crippen molar-refractivity contribution in [1.29, 1.82) is 0 Å². The second-order valence-corrected chi connectivity index (χ2v) is 9.24. The van der Waals surface area contributed by atoms with Crippen LogP contribution in [0.15, 0.2) is 65.2 Å². The molecular weight excluding hydrogens is 432 g/mol. The molecule has 0 bridgehead atoms. The molecule has 1 aromatic carbocycles. The molecule has 1 unspecified atom stereocenters. The Bertz CT molecular complexity index is 1220. The third-order valence-corrected chi connectivity index (χ3v) is 6.49. The molecule has 0 spiro atoms. The average molecular weight is 463 g/mol. The van der Waals surface area contributed by atoms with Crippen LogP contribution in [0.4, 0.5) is 0 Å². The largest absolute Gasteiger partial charge is 0.308 e. The van der Waals surface area contributed by atoms with Crippen molar-refractivity contribution >= 4 is 21.7 Å². The summed E-state index contributed by atoms with van der Waals surface area (Å²) in [6.07, 6.45) is 4.49. The van der Waals surface area contributed by atoms with Crippen LogP contribution < -0.4 is 5.56 Å². The van der Waals surface area contributed by atoms with E-state index in [1.165, 1.54) is 16.9 Å². The zero-order valence-corrected chi connectivity index (χ0v) is 20.2. The number of nitrogens with zero attached hydrogens (tertiary/aromatic N) is 6. The predicted molar refractivity (Wildman–Crippen MR) is 133 cm³/mol. The van der Waals surface area contributed by atoms with Gasteiger partial charge in [-0.25, -0.2) is 9.97 Å². The molecular formula is C25H30N6OS. The van der Waals surface area contributed by atoms with E-state index in [9.17, 15) is 4.79 Å². The minimum Gasteiger partial charge on any atom is -0.308 e. The molecule has 4 rings (SSSR count). The number of thiazole rings is 1. The summed E-state index contributed by atoms with van der Waals surface area (Å²) in [6, 6.07) is 14.2. The summed E-state index contributed by atoms with van der Waals surface area (Å²) < 4.78 is 1.82. The lowest BCUT2D eigenvalue weighted by Crippen LogP contribution is -2.38. The van der Waals surface area contributed by atoms with Crippen molar-refractivity contribution in [2.75, 3.05) is 27.2 Å². The van der Waals surface area contributed by atoms with Gasteiger partial charge in [-0.15, -0.1) is 11.3 Å². The molecule has 8 heteroatoms. The Morgan fingerprint density at radius 3 is 2.48 bits per heavy atom. The third-order valence-electron chi connectivity index (χ3n) is 5.77. The fraction of sp³-hybridized carbons (Fsp3) is 0.360. The average Bonchev–Trinajstić information content (AvgIpc) is 3.30. The minimum absolute atomic E-state index is 0.0129. The standard InChI is InChI=1S/C25H30N6OS/c1-4-21(30(15-14-29(2)3)16-20-10-12-26-13-11-20)23-28-24-22(27-18-33-24)25(32)31(23)17-19-8-6-5-7-9-19/h5-13,18,21H,4,14-17H2,1-3H3. The summed E-state index contributed by atoms with van der Waals surface area (Å²) >= 11 is 1.42. The van der Waals surface area contributed by atoms with Gasteiger partial charge in [-0.1, -0.05) is 37.3 Å². The number of fused-ring (bicyclic) bond motifs is 1. The van der Waals surface area contributed by atoms with Gasteiger partial charge in [-0.2, -0.15) is 0 Å². The maximum Gasteiger partial charge on any atom is 0.281 e. The van der Waals surface area contributed by atoms with E-state index in [2.05, 4.69) is 40.8 Å². The highest BCUT2D eigenvalue weighted by Crippen LogP contribution is 2.26. The first-order valence-electron chi connectivity index (χ1n) is 11.2.